The summed E-state index contributed by atoms with van der Waals surface area (Å²) in [5.74, 6) is -0.733. The maximum atomic E-state index is 12.4. The molecule has 1 aromatic carbocycles. The van der Waals surface area contributed by atoms with Crippen LogP contribution in [0, 0.1) is 0 Å². The smallest absolute Gasteiger partial charge is 0.295 e. The van der Waals surface area contributed by atoms with Crippen LogP contribution in [0.2, 0.25) is 0 Å². The molecule has 0 aliphatic carbocycles. The van der Waals surface area contributed by atoms with Crippen LogP contribution in [-0.4, -0.2) is 21.9 Å². The highest BCUT2D eigenvalue weighted by molar-refractivity contribution is 5.96. The second kappa shape index (κ2) is 4.69. The zero-order valence-corrected chi connectivity index (χ0v) is 9.58. The van der Waals surface area contributed by atoms with Crippen molar-refractivity contribution in [3.63, 3.8) is 0 Å². The average molecular weight is 254 g/mol. The number of nitrogens with one attached hydrogen (secondary N) is 2. The van der Waals surface area contributed by atoms with E-state index < -0.39 is 12.5 Å². The van der Waals surface area contributed by atoms with Crippen molar-refractivity contribution in [2.24, 2.45) is 5.73 Å². The van der Waals surface area contributed by atoms with Crippen LogP contribution in [0.1, 0.15) is 19.2 Å². The molecule has 2 rings (SSSR count). The van der Waals surface area contributed by atoms with Gasteiger partial charge in [-0.25, -0.2) is 13.8 Å². The molecule has 0 radical (unpaired) electrons. The summed E-state index contributed by atoms with van der Waals surface area (Å²) in [6.45, 7) is 1.55. The van der Waals surface area contributed by atoms with Gasteiger partial charge in [0.05, 0.1) is 17.1 Å². The van der Waals surface area contributed by atoms with Gasteiger partial charge in [-0.3, -0.25) is 4.79 Å². The number of imidazole rings is 1. The van der Waals surface area contributed by atoms with Gasteiger partial charge in [-0.15, -0.1) is 0 Å². The van der Waals surface area contributed by atoms with Gasteiger partial charge in [-0.1, -0.05) is 0 Å². The maximum Gasteiger partial charge on any atom is 0.295 e. The first-order chi connectivity index (χ1) is 8.47. The van der Waals surface area contributed by atoms with Crippen LogP contribution in [0.25, 0.3) is 11.0 Å². The molecular formula is C11H12F2N4O. The van der Waals surface area contributed by atoms with E-state index >= 15 is 0 Å². The number of nitrogens with zero attached hydrogens (tertiary/aromatic N) is 1. The van der Waals surface area contributed by atoms with E-state index in [1.807, 2.05) is 0 Å². The molecule has 0 bridgehead atoms. The highest BCUT2D eigenvalue weighted by Gasteiger charge is 2.13. The third-order valence-electron chi connectivity index (χ3n) is 2.39. The Morgan fingerprint density at radius 3 is 2.83 bits per heavy atom. The standard InChI is InChI=1S/C11H12F2N4O/c1-5(14)11(18)15-6-2-3-7-8(4-6)17-10(16-7)9(12)13/h2-5,9H,14H2,1H3,(H,15,18)(H,16,17)/t5-/m1/s1. The Bertz CT molecular complexity index is 579. The molecule has 7 heteroatoms. The predicted molar refractivity (Wildman–Crippen MR) is 63.3 cm³/mol. The zero-order chi connectivity index (χ0) is 13.3. The number of nitrogens with two attached hydrogens (primary N) is 1. The van der Waals surface area contributed by atoms with Gasteiger partial charge in [-0.2, -0.15) is 0 Å². The van der Waals surface area contributed by atoms with E-state index in [1.165, 1.54) is 6.07 Å². The van der Waals surface area contributed by atoms with Gasteiger partial charge in [0, 0.05) is 5.69 Å². The molecule has 1 heterocycles. The molecule has 1 aromatic heterocycles. The minimum Gasteiger partial charge on any atom is -0.337 e. The van der Waals surface area contributed by atoms with Crippen molar-refractivity contribution in [1.29, 1.82) is 0 Å². The lowest BCUT2D eigenvalue weighted by Crippen LogP contribution is -2.32. The van der Waals surface area contributed by atoms with Crippen LogP contribution in [0.4, 0.5) is 14.5 Å². The van der Waals surface area contributed by atoms with E-state index in [2.05, 4.69) is 15.3 Å². The number of H-pyrrole nitrogens is 1. The van der Waals surface area contributed by atoms with Crippen LogP contribution in [-0.2, 0) is 4.79 Å². The second-order valence-corrected chi connectivity index (χ2v) is 3.93. The van der Waals surface area contributed by atoms with Crippen molar-refractivity contribution in [3.8, 4) is 0 Å². The molecule has 0 saturated carbocycles. The number of carbonyl (C=O) groups excluding carboxylic acids is 1. The fourth-order valence-electron chi connectivity index (χ4n) is 1.47. The van der Waals surface area contributed by atoms with Crippen LogP contribution < -0.4 is 11.1 Å². The van der Waals surface area contributed by atoms with Gasteiger partial charge in [0.25, 0.3) is 6.43 Å². The molecule has 2 aromatic rings. The Labute approximate surface area is 101 Å². The summed E-state index contributed by atoms with van der Waals surface area (Å²) in [4.78, 5) is 17.6. The monoisotopic (exact) mass is 254 g/mol. The largest absolute Gasteiger partial charge is 0.337 e. The third-order valence-corrected chi connectivity index (χ3v) is 2.39. The quantitative estimate of drug-likeness (QED) is 0.780. The van der Waals surface area contributed by atoms with Gasteiger partial charge in [0.1, 0.15) is 0 Å². The van der Waals surface area contributed by atoms with Crippen molar-refractivity contribution >= 4 is 22.6 Å². The number of hydrogen-bond donors (Lipinski definition) is 3. The molecule has 1 amide bonds. The maximum absolute atomic E-state index is 12.4. The molecule has 96 valence electrons. The summed E-state index contributed by atoms with van der Waals surface area (Å²) in [7, 11) is 0. The number of rotatable bonds is 3. The fraction of sp³-hybridized carbons (Fsp3) is 0.273. The summed E-state index contributed by atoms with van der Waals surface area (Å²) >= 11 is 0. The van der Waals surface area contributed by atoms with Crippen molar-refractivity contribution in [2.75, 3.05) is 5.32 Å². The average Bonchev–Trinajstić information content (AvgIpc) is 2.71. The summed E-state index contributed by atoms with van der Waals surface area (Å²) in [6.07, 6.45) is -2.65. The van der Waals surface area contributed by atoms with Gasteiger partial charge >= 0.3 is 0 Å². The highest BCUT2D eigenvalue weighted by atomic mass is 19.3. The van der Waals surface area contributed by atoms with Crippen LogP contribution in [0.15, 0.2) is 18.2 Å². The van der Waals surface area contributed by atoms with Crippen molar-refractivity contribution < 1.29 is 13.6 Å². The number of halogens is 2. The lowest BCUT2D eigenvalue weighted by atomic mass is 10.2. The van der Waals surface area contributed by atoms with Gasteiger partial charge in [-0.05, 0) is 25.1 Å². The number of benzene rings is 1. The normalized spacial score (nSPS) is 12.9. The Hall–Kier alpha value is -2.02. The Morgan fingerprint density at radius 1 is 1.50 bits per heavy atom. The van der Waals surface area contributed by atoms with E-state index in [0.29, 0.717) is 16.7 Å². The number of aromatic nitrogens is 2. The Kier molecular flexibility index (Phi) is 3.24. The first kappa shape index (κ1) is 12.4. The highest BCUT2D eigenvalue weighted by Crippen LogP contribution is 2.22. The number of carbonyl (C=O) groups is 1. The molecule has 0 aliphatic rings. The van der Waals surface area contributed by atoms with Crippen LogP contribution >= 0.6 is 0 Å². The lowest BCUT2D eigenvalue weighted by Gasteiger charge is -2.07. The predicted octanol–water partition coefficient (Wildman–Crippen LogP) is 1.79. The summed E-state index contributed by atoms with van der Waals surface area (Å²) < 4.78 is 24.9. The minimum absolute atomic E-state index is 0.344. The molecule has 1 atom stereocenters. The molecule has 4 N–H and O–H groups in total. The number of aromatic amines is 1. The molecule has 5 nitrogen and oxygen atoms in total. The zero-order valence-electron chi connectivity index (χ0n) is 9.58. The molecule has 0 saturated heterocycles. The molecule has 18 heavy (non-hydrogen) atoms. The second-order valence-electron chi connectivity index (χ2n) is 3.93. The molecule has 0 aliphatic heterocycles. The first-order valence-corrected chi connectivity index (χ1v) is 5.31. The number of anilines is 1. The van der Waals surface area contributed by atoms with E-state index in [9.17, 15) is 13.6 Å². The summed E-state index contributed by atoms with van der Waals surface area (Å²) in [6, 6.07) is 4.03. The Morgan fingerprint density at radius 2 is 2.22 bits per heavy atom. The van der Waals surface area contributed by atoms with Crippen molar-refractivity contribution in [2.45, 2.75) is 19.4 Å². The Balaban J connectivity index is 2.29. The lowest BCUT2D eigenvalue weighted by molar-refractivity contribution is -0.117. The van der Waals surface area contributed by atoms with E-state index in [-0.39, 0.29) is 11.7 Å². The SMILES string of the molecule is C[C@@H](N)C(=O)Nc1ccc2nc(C(F)F)[nH]c2c1. The van der Waals surface area contributed by atoms with Gasteiger partial charge < -0.3 is 16.0 Å². The number of fused-ring (bicyclic) bond motifs is 1. The third kappa shape index (κ3) is 2.45. The summed E-state index contributed by atoms with van der Waals surface area (Å²) in [5.41, 5.74) is 6.75. The van der Waals surface area contributed by atoms with Gasteiger partial charge in [0.15, 0.2) is 5.82 Å². The molecule has 0 fully saturated rings. The van der Waals surface area contributed by atoms with E-state index in [4.69, 9.17) is 5.73 Å². The molecular weight excluding hydrogens is 242 g/mol. The topological polar surface area (TPSA) is 83.8 Å². The number of alkyl halides is 2. The van der Waals surface area contributed by atoms with Gasteiger partial charge in [0.2, 0.25) is 5.91 Å². The molecule has 0 unspecified atom stereocenters. The first-order valence-electron chi connectivity index (χ1n) is 5.31. The van der Waals surface area contributed by atoms with Crippen LogP contribution in [0.5, 0.6) is 0 Å². The van der Waals surface area contributed by atoms with E-state index in [0.717, 1.165) is 0 Å². The van der Waals surface area contributed by atoms with E-state index in [1.54, 1.807) is 19.1 Å². The molecule has 0 spiro atoms. The summed E-state index contributed by atoms with van der Waals surface area (Å²) in [5, 5.41) is 2.57. The fourth-order valence-corrected chi connectivity index (χ4v) is 1.47. The minimum atomic E-state index is -2.65. The number of amides is 1. The van der Waals surface area contributed by atoms with Crippen molar-refractivity contribution in [1.82, 2.24) is 9.97 Å². The van der Waals surface area contributed by atoms with Crippen LogP contribution in [0.3, 0.4) is 0 Å². The van der Waals surface area contributed by atoms with Crippen molar-refractivity contribution in [3.05, 3.63) is 24.0 Å². The number of hydrogen-bond acceptors (Lipinski definition) is 3.